The summed E-state index contributed by atoms with van der Waals surface area (Å²) < 4.78 is 2.01. The van der Waals surface area contributed by atoms with Crippen LogP contribution in [-0.2, 0) is 0 Å². The maximum absolute atomic E-state index is 12.3. The molecule has 0 unspecified atom stereocenters. The van der Waals surface area contributed by atoms with Crippen molar-refractivity contribution in [3.05, 3.63) is 84.4 Å². The van der Waals surface area contributed by atoms with Gasteiger partial charge in [-0.15, -0.1) is 0 Å². The van der Waals surface area contributed by atoms with Crippen molar-refractivity contribution in [2.75, 3.05) is 5.32 Å². The molecule has 4 aromatic rings. The van der Waals surface area contributed by atoms with E-state index in [4.69, 9.17) is 4.98 Å². The zero-order valence-corrected chi connectivity index (χ0v) is 13.7. The largest absolute Gasteiger partial charge is 0.322 e. The van der Waals surface area contributed by atoms with Gasteiger partial charge in [-0.1, -0.05) is 18.2 Å². The summed E-state index contributed by atoms with van der Waals surface area (Å²) in [6.07, 6.45) is 7.18. The third-order valence-electron chi connectivity index (χ3n) is 4.04. The highest BCUT2D eigenvalue weighted by Gasteiger charge is 2.09. The van der Waals surface area contributed by atoms with Crippen LogP contribution in [0.3, 0.4) is 0 Å². The fourth-order valence-electron chi connectivity index (χ4n) is 2.76. The SMILES string of the molecule is Cc1cccn2cc(-c3cccc(NC(=O)c4ccncc4)c3)nc12. The van der Waals surface area contributed by atoms with E-state index in [1.807, 2.05) is 60.1 Å². The molecule has 5 heteroatoms. The van der Waals surface area contributed by atoms with E-state index in [-0.39, 0.29) is 5.91 Å². The number of hydrogen-bond donors (Lipinski definition) is 1. The van der Waals surface area contributed by atoms with E-state index in [9.17, 15) is 4.79 Å². The summed E-state index contributed by atoms with van der Waals surface area (Å²) in [6, 6.07) is 15.1. The Bertz CT molecular complexity index is 1050. The lowest BCUT2D eigenvalue weighted by Crippen LogP contribution is -2.11. The molecule has 3 aromatic heterocycles. The maximum Gasteiger partial charge on any atom is 0.255 e. The molecule has 0 saturated carbocycles. The van der Waals surface area contributed by atoms with E-state index in [1.54, 1.807) is 24.5 Å². The van der Waals surface area contributed by atoms with E-state index in [0.717, 1.165) is 28.2 Å². The molecule has 1 N–H and O–H groups in total. The molecule has 1 aromatic carbocycles. The van der Waals surface area contributed by atoms with Crippen molar-refractivity contribution in [2.24, 2.45) is 0 Å². The number of anilines is 1. The fourth-order valence-corrected chi connectivity index (χ4v) is 2.76. The number of fused-ring (bicyclic) bond motifs is 1. The van der Waals surface area contributed by atoms with Gasteiger partial charge in [-0.2, -0.15) is 0 Å². The second-order valence-electron chi connectivity index (χ2n) is 5.82. The molecule has 25 heavy (non-hydrogen) atoms. The van der Waals surface area contributed by atoms with E-state index in [2.05, 4.69) is 10.3 Å². The van der Waals surface area contributed by atoms with Crippen molar-refractivity contribution in [3.63, 3.8) is 0 Å². The van der Waals surface area contributed by atoms with E-state index in [1.165, 1.54) is 0 Å². The summed E-state index contributed by atoms with van der Waals surface area (Å²) in [4.78, 5) is 20.9. The van der Waals surface area contributed by atoms with Crippen LogP contribution in [0, 0.1) is 6.92 Å². The number of aromatic nitrogens is 3. The summed E-state index contributed by atoms with van der Waals surface area (Å²) in [5, 5.41) is 2.91. The number of hydrogen-bond acceptors (Lipinski definition) is 3. The van der Waals surface area contributed by atoms with Crippen LogP contribution in [0.15, 0.2) is 73.3 Å². The van der Waals surface area contributed by atoms with E-state index < -0.39 is 0 Å². The molecule has 0 bridgehead atoms. The minimum atomic E-state index is -0.162. The minimum absolute atomic E-state index is 0.162. The molecule has 4 rings (SSSR count). The van der Waals surface area contributed by atoms with Crippen LogP contribution < -0.4 is 5.32 Å². The Kier molecular flexibility index (Phi) is 3.74. The minimum Gasteiger partial charge on any atom is -0.322 e. The van der Waals surface area contributed by atoms with Crippen molar-refractivity contribution in [1.82, 2.24) is 14.4 Å². The summed E-state index contributed by atoms with van der Waals surface area (Å²) in [5.41, 5.74) is 5.18. The number of pyridine rings is 2. The molecular formula is C20H16N4O. The van der Waals surface area contributed by atoms with Crippen molar-refractivity contribution in [1.29, 1.82) is 0 Å². The van der Waals surface area contributed by atoms with Crippen LogP contribution in [0.25, 0.3) is 16.9 Å². The molecule has 122 valence electrons. The smallest absolute Gasteiger partial charge is 0.255 e. The number of aryl methyl sites for hydroxylation is 1. The first kappa shape index (κ1) is 15.1. The van der Waals surface area contributed by atoms with Gasteiger partial charge in [-0.3, -0.25) is 9.78 Å². The third-order valence-corrected chi connectivity index (χ3v) is 4.04. The number of nitrogens with zero attached hydrogens (tertiary/aromatic N) is 3. The Balaban J connectivity index is 1.64. The summed E-state index contributed by atoms with van der Waals surface area (Å²) in [5.74, 6) is -0.162. The molecule has 0 aliphatic heterocycles. The molecule has 0 radical (unpaired) electrons. The van der Waals surface area contributed by atoms with Crippen LogP contribution in [0.1, 0.15) is 15.9 Å². The first-order chi connectivity index (χ1) is 12.2. The lowest BCUT2D eigenvalue weighted by molar-refractivity contribution is 0.102. The number of nitrogens with one attached hydrogen (secondary N) is 1. The molecular weight excluding hydrogens is 312 g/mol. The van der Waals surface area contributed by atoms with Crippen LogP contribution in [-0.4, -0.2) is 20.3 Å². The van der Waals surface area contributed by atoms with Crippen molar-refractivity contribution in [3.8, 4) is 11.3 Å². The van der Waals surface area contributed by atoms with Gasteiger partial charge in [0.15, 0.2) is 0 Å². The highest BCUT2D eigenvalue weighted by Crippen LogP contribution is 2.23. The van der Waals surface area contributed by atoms with E-state index >= 15 is 0 Å². The van der Waals surface area contributed by atoms with Gasteiger partial charge in [0.1, 0.15) is 5.65 Å². The molecule has 1 amide bonds. The molecule has 0 fully saturated rings. The van der Waals surface area contributed by atoms with Crippen LogP contribution >= 0.6 is 0 Å². The fraction of sp³-hybridized carbons (Fsp3) is 0.0500. The Hall–Kier alpha value is -3.47. The molecule has 0 aliphatic rings. The molecule has 0 saturated heterocycles. The van der Waals surface area contributed by atoms with Gasteiger partial charge in [0.25, 0.3) is 5.91 Å². The number of imidazole rings is 1. The Morgan fingerprint density at radius 3 is 2.72 bits per heavy atom. The van der Waals surface area contributed by atoms with Crippen LogP contribution in [0.5, 0.6) is 0 Å². The van der Waals surface area contributed by atoms with Gasteiger partial charge < -0.3 is 9.72 Å². The molecule has 0 aliphatic carbocycles. The Labute approximate surface area is 145 Å². The summed E-state index contributed by atoms with van der Waals surface area (Å²) in [7, 11) is 0. The summed E-state index contributed by atoms with van der Waals surface area (Å²) >= 11 is 0. The Morgan fingerprint density at radius 1 is 1.08 bits per heavy atom. The van der Waals surface area contributed by atoms with Gasteiger partial charge in [-0.25, -0.2) is 4.98 Å². The topological polar surface area (TPSA) is 59.3 Å². The average molecular weight is 328 g/mol. The van der Waals surface area contributed by atoms with Gasteiger partial charge in [0.05, 0.1) is 5.69 Å². The number of amides is 1. The van der Waals surface area contributed by atoms with Crippen LogP contribution in [0.2, 0.25) is 0 Å². The Morgan fingerprint density at radius 2 is 1.92 bits per heavy atom. The highest BCUT2D eigenvalue weighted by molar-refractivity contribution is 6.04. The average Bonchev–Trinajstić information content (AvgIpc) is 3.08. The second-order valence-corrected chi connectivity index (χ2v) is 5.82. The number of rotatable bonds is 3. The number of carbonyl (C=O) groups excluding carboxylic acids is 1. The lowest BCUT2D eigenvalue weighted by Gasteiger charge is -2.06. The normalized spacial score (nSPS) is 10.8. The zero-order chi connectivity index (χ0) is 17.2. The van der Waals surface area contributed by atoms with Gasteiger partial charge >= 0.3 is 0 Å². The van der Waals surface area contributed by atoms with Crippen molar-refractivity contribution < 1.29 is 4.79 Å². The zero-order valence-electron chi connectivity index (χ0n) is 13.7. The lowest BCUT2D eigenvalue weighted by atomic mass is 10.1. The molecule has 3 heterocycles. The monoisotopic (exact) mass is 328 g/mol. The number of carbonyl (C=O) groups is 1. The van der Waals surface area contributed by atoms with Gasteiger partial charge in [-0.05, 0) is 42.8 Å². The molecule has 0 spiro atoms. The first-order valence-corrected chi connectivity index (χ1v) is 7.97. The van der Waals surface area contributed by atoms with Crippen LogP contribution in [0.4, 0.5) is 5.69 Å². The predicted octanol–water partition coefficient (Wildman–Crippen LogP) is 3.96. The first-order valence-electron chi connectivity index (χ1n) is 7.97. The predicted molar refractivity (Wildman–Crippen MR) is 97.6 cm³/mol. The van der Waals surface area contributed by atoms with Gasteiger partial charge in [0, 0.05) is 41.6 Å². The van der Waals surface area contributed by atoms with E-state index in [0.29, 0.717) is 5.56 Å². The summed E-state index contributed by atoms with van der Waals surface area (Å²) in [6.45, 7) is 2.04. The van der Waals surface area contributed by atoms with Crippen molar-refractivity contribution in [2.45, 2.75) is 6.92 Å². The van der Waals surface area contributed by atoms with Gasteiger partial charge in [0.2, 0.25) is 0 Å². The van der Waals surface area contributed by atoms with Crippen molar-refractivity contribution >= 4 is 17.2 Å². The highest BCUT2D eigenvalue weighted by atomic mass is 16.1. The quantitative estimate of drug-likeness (QED) is 0.619. The standard InChI is InChI=1S/C20H16N4O/c1-14-4-3-11-24-13-18(23-19(14)24)16-5-2-6-17(12-16)22-20(25)15-7-9-21-10-8-15/h2-13H,1H3,(H,22,25). The second kappa shape index (κ2) is 6.20. The number of benzene rings is 1. The maximum atomic E-state index is 12.3. The third kappa shape index (κ3) is 2.99. The molecule has 5 nitrogen and oxygen atoms in total. The molecule has 0 atom stereocenters.